The quantitative estimate of drug-likeness (QED) is 0.396. The lowest BCUT2D eigenvalue weighted by molar-refractivity contribution is -0.0483. The van der Waals surface area contributed by atoms with E-state index in [4.69, 9.17) is 9.47 Å². The molecule has 0 aromatic rings. The molecule has 0 aromatic heterocycles. The molecule has 0 rings (SSSR count). The first-order chi connectivity index (χ1) is 7.98. The first kappa shape index (κ1) is 16.7. The number of ether oxygens (including phenoxy) is 2. The van der Waals surface area contributed by atoms with Crippen LogP contribution in [0.3, 0.4) is 0 Å². The molecule has 0 heterocycles. The Labute approximate surface area is 107 Å². The maximum absolute atomic E-state index is 5.89. The van der Waals surface area contributed by atoms with Crippen LogP contribution < -0.4 is 0 Å². The zero-order valence-corrected chi connectivity index (χ0v) is 12.1. The van der Waals surface area contributed by atoms with Crippen molar-refractivity contribution in [3.63, 3.8) is 0 Å². The van der Waals surface area contributed by atoms with E-state index in [2.05, 4.69) is 34.3 Å². The van der Waals surface area contributed by atoms with Crippen LogP contribution in [-0.4, -0.2) is 24.9 Å². The Kier molecular flexibility index (Phi) is 9.47. The van der Waals surface area contributed by atoms with Gasteiger partial charge in [-0.3, -0.25) is 0 Å². The standard InChI is InChI=1S/C15H30O2/c1-6-7-8-9-10-12-17-15(4,5)11-13-16-14(2)3/h6,14H,1,7-13H2,2-5H3. The van der Waals surface area contributed by atoms with Gasteiger partial charge in [0.25, 0.3) is 0 Å². The van der Waals surface area contributed by atoms with Crippen LogP contribution in [0.25, 0.3) is 0 Å². The number of hydrogen-bond donors (Lipinski definition) is 0. The highest BCUT2D eigenvalue weighted by atomic mass is 16.5. The minimum Gasteiger partial charge on any atom is -0.379 e. The summed E-state index contributed by atoms with van der Waals surface area (Å²) in [5, 5.41) is 0. The lowest BCUT2D eigenvalue weighted by atomic mass is 10.1. The molecule has 102 valence electrons. The van der Waals surface area contributed by atoms with E-state index in [9.17, 15) is 0 Å². The van der Waals surface area contributed by atoms with Gasteiger partial charge in [-0.2, -0.15) is 0 Å². The Morgan fingerprint density at radius 2 is 1.82 bits per heavy atom. The minimum atomic E-state index is -0.0622. The summed E-state index contributed by atoms with van der Waals surface area (Å²) >= 11 is 0. The molecule has 2 heteroatoms. The molecule has 0 unspecified atom stereocenters. The van der Waals surface area contributed by atoms with Crippen LogP contribution in [0, 0.1) is 0 Å². The fraction of sp³-hybridized carbons (Fsp3) is 0.867. The molecule has 0 atom stereocenters. The maximum atomic E-state index is 5.89. The number of rotatable bonds is 11. The third-order valence-electron chi connectivity index (χ3n) is 2.70. The van der Waals surface area contributed by atoms with Crippen LogP contribution in [0.4, 0.5) is 0 Å². The zero-order valence-electron chi connectivity index (χ0n) is 12.1. The predicted octanol–water partition coefficient (Wildman–Crippen LogP) is 4.34. The molecule has 0 fully saturated rings. The zero-order chi connectivity index (χ0) is 13.1. The summed E-state index contributed by atoms with van der Waals surface area (Å²) in [5.74, 6) is 0. The first-order valence-corrected chi connectivity index (χ1v) is 6.84. The third-order valence-corrected chi connectivity index (χ3v) is 2.70. The molecular weight excluding hydrogens is 212 g/mol. The van der Waals surface area contributed by atoms with E-state index in [1.807, 2.05) is 6.08 Å². The number of allylic oxidation sites excluding steroid dienone is 1. The van der Waals surface area contributed by atoms with Gasteiger partial charge in [-0.1, -0.05) is 12.5 Å². The summed E-state index contributed by atoms with van der Waals surface area (Å²) in [5.41, 5.74) is -0.0622. The van der Waals surface area contributed by atoms with Crippen molar-refractivity contribution in [2.75, 3.05) is 13.2 Å². The summed E-state index contributed by atoms with van der Waals surface area (Å²) in [6.45, 7) is 13.8. The monoisotopic (exact) mass is 242 g/mol. The summed E-state index contributed by atoms with van der Waals surface area (Å²) in [4.78, 5) is 0. The summed E-state index contributed by atoms with van der Waals surface area (Å²) in [6.07, 6.45) is 7.96. The van der Waals surface area contributed by atoms with E-state index in [0.29, 0.717) is 6.10 Å². The van der Waals surface area contributed by atoms with Gasteiger partial charge in [0.1, 0.15) is 0 Å². The van der Waals surface area contributed by atoms with Crippen molar-refractivity contribution in [1.29, 1.82) is 0 Å². The van der Waals surface area contributed by atoms with Crippen LogP contribution >= 0.6 is 0 Å². The molecule has 0 aromatic carbocycles. The molecule has 0 aliphatic heterocycles. The second-order valence-corrected chi connectivity index (χ2v) is 5.42. The largest absolute Gasteiger partial charge is 0.379 e. The highest BCUT2D eigenvalue weighted by Crippen LogP contribution is 2.16. The fourth-order valence-corrected chi connectivity index (χ4v) is 1.53. The fourth-order valence-electron chi connectivity index (χ4n) is 1.53. The first-order valence-electron chi connectivity index (χ1n) is 6.84. The number of unbranched alkanes of at least 4 members (excludes halogenated alkanes) is 3. The van der Waals surface area contributed by atoms with Crippen LogP contribution in [0.15, 0.2) is 12.7 Å². The highest BCUT2D eigenvalue weighted by Gasteiger charge is 2.17. The van der Waals surface area contributed by atoms with Gasteiger partial charge >= 0.3 is 0 Å². The van der Waals surface area contributed by atoms with Gasteiger partial charge in [0.05, 0.1) is 11.7 Å². The second kappa shape index (κ2) is 9.67. The van der Waals surface area contributed by atoms with Gasteiger partial charge < -0.3 is 9.47 Å². The third kappa shape index (κ3) is 11.9. The second-order valence-electron chi connectivity index (χ2n) is 5.42. The molecule has 0 aliphatic carbocycles. The maximum Gasteiger partial charge on any atom is 0.0648 e. The molecule has 0 N–H and O–H groups in total. The normalized spacial score (nSPS) is 12.1. The molecule has 0 aliphatic rings. The number of hydrogen-bond acceptors (Lipinski definition) is 2. The van der Waals surface area contributed by atoms with Crippen molar-refractivity contribution in [2.45, 2.75) is 71.5 Å². The van der Waals surface area contributed by atoms with Gasteiger partial charge in [-0.05, 0) is 53.4 Å². The van der Waals surface area contributed by atoms with E-state index in [1.54, 1.807) is 0 Å². The van der Waals surface area contributed by atoms with Crippen molar-refractivity contribution >= 4 is 0 Å². The van der Waals surface area contributed by atoms with Gasteiger partial charge in [0.15, 0.2) is 0 Å². The van der Waals surface area contributed by atoms with Crippen LogP contribution in [0.2, 0.25) is 0 Å². The molecule has 17 heavy (non-hydrogen) atoms. The van der Waals surface area contributed by atoms with Crippen LogP contribution in [0.5, 0.6) is 0 Å². The Morgan fingerprint density at radius 1 is 1.12 bits per heavy atom. The van der Waals surface area contributed by atoms with Crippen LogP contribution in [0.1, 0.15) is 59.8 Å². The molecule has 0 spiro atoms. The van der Waals surface area contributed by atoms with E-state index >= 15 is 0 Å². The predicted molar refractivity (Wildman–Crippen MR) is 74.4 cm³/mol. The van der Waals surface area contributed by atoms with Gasteiger partial charge in [-0.15, -0.1) is 6.58 Å². The lowest BCUT2D eigenvalue weighted by Crippen LogP contribution is -2.27. The van der Waals surface area contributed by atoms with Crippen LogP contribution in [-0.2, 0) is 9.47 Å². The minimum absolute atomic E-state index is 0.0622. The van der Waals surface area contributed by atoms with Crippen molar-refractivity contribution in [2.24, 2.45) is 0 Å². The topological polar surface area (TPSA) is 18.5 Å². The molecule has 0 saturated carbocycles. The molecular formula is C15H30O2. The highest BCUT2D eigenvalue weighted by molar-refractivity contribution is 4.69. The molecule has 0 amide bonds. The summed E-state index contributed by atoms with van der Waals surface area (Å²) in [7, 11) is 0. The lowest BCUT2D eigenvalue weighted by Gasteiger charge is -2.25. The van der Waals surface area contributed by atoms with E-state index in [-0.39, 0.29) is 5.60 Å². The smallest absolute Gasteiger partial charge is 0.0648 e. The Balaban J connectivity index is 3.46. The Morgan fingerprint density at radius 3 is 2.41 bits per heavy atom. The Hall–Kier alpha value is -0.340. The van der Waals surface area contributed by atoms with Gasteiger partial charge in [0, 0.05) is 13.2 Å². The van der Waals surface area contributed by atoms with Crippen molar-refractivity contribution in [1.82, 2.24) is 0 Å². The van der Waals surface area contributed by atoms with Crippen molar-refractivity contribution in [3.05, 3.63) is 12.7 Å². The summed E-state index contributed by atoms with van der Waals surface area (Å²) < 4.78 is 11.4. The van der Waals surface area contributed by atoms with Gasteiger partial charge in [-0.25, -0.2) is 0 Å². The molecule has 0 bridgehead atoms. The summed E-state index contributed by atoms with van der Waals surface area (Å²) in [6, 6.07) is 0. The van der Waals surface area contributed by atoms with Gasteiger partial charge in [0.2, 0.25) is 0 Å². The van der Waals surface area contributed by atoms with Crippen molar-refractivity contribution in [3.8, 4) is 0 Å². The van der Waals surface area contributed by atoms with E-state index < -0.39 is 0 Å². The average Bonchev–Trinajstić information content (AvgIpc) is 2.22. The SMILES string of the molecule is C=CCCCCCOC(C)(C)CCOC(C)C. The molecule has 2 nitrogen and oxygen atoms in total. The van der Waals surface area contributed by atoms with E-state index in [1.165, 1.54) is 12.8 Å². The molecule has 0 radical (unpaired) electrons. The molecule has 0 saturated heterocycles. The Bertz CT molecular complexity index is 185. The average molecular weight is 242 g/mol. The van der Waals surface area contributed by atoms with Crippen molar-refractivity contribution < 1.29 is 9.47 Å². The van der Waals surface area contributed by atoms with E-state index in [0.717, 1.165) is 32.5 Å².